The monoisotopic (exact) mass is 270 g/mol. The molecule has 1 fully saturated rings. The van der Waals surface area contributed by atoms with Gasteiger partial charge in [-0.1, -0.05) is 0 Å². The van der Waals surface area contributed by atoms with Gasteiger partial charge < -0.3 is 20.1 Å². The van der Waals surface area contributed by atoms with Crippen molar-refractivity contribution in [3.8, 4) is 0 Å². The molecule has 0 aliphatic carbocycles. The van der Waals surface area contributed by atoms with Crippen molar-refractivity contribution in [3.63, 3.8) is 0 Å². The molecule has 0 aromatic heterocycles. The number of rotatable bonds is 5. The highest BCUT2D eigenvalue weighted by Crippen LogP contribution is 2.14. The van der Waals surface area contributed by atoms with Crippen LogP contribution in [0.5, 0.6) is 0 Å². The number of amides is 1. The fourth-order valence-corrected chi connectivity index (χ4v) is 1.46. The van der Waals surface area contributed by atoms with Crippen molar-refractivity contribution >= 4 is 5.91 Å². The second-order valence-corrected chi connectivity index (χ2v) is 4.06. The number of halogens is 3. The molecule has 0 saturated carbocycles. The van der Waals surface area contributed by atoms with Crippen molar-refractivity contribution in [2.45, 2.75) is 6.18 Å². The summed E-state index contributed by atoms with van der Waals surface area (Å²) in [4.78, 5) is 11.2. The maximum absolute atomic E-state index is 11.7. The number of hydrogen-bond acceptors (Lipinski definition) is 4. The van der Waals surface area contributed by atoms with Crippen molar-refractivity contribution in [2.24, 2.45) is 5.92 Å². The van der Waals surface area contributed by atoms with E-state index in [1.807, 2.05) is 0 Å². The van der Waals surface area contributed by atoms with Crippen LogP contribution >= 0.6 is 0 Å². The zero-order valence-corrected chi connectivity index (χ0v) is 9.89. The first kappa shape index (κ1) is 15.2. The molecule has 1 unspecified atom stereocenters. The minimum atomic E-state index is -4.40. The van der Waals surface area contributed by atoms with Gasteiger partial charge in [0.2, 0.25) is 5.91 Å². The Labute approximate surface area is 103 Å². The van der Waals surface area contributed by atoms with Crippen LogP contribution in [0, 0.1) is 5.92 Å². The Kier molecular flexibility index (Phi) is 6.37. The van der Waals surface area contributed by atoms with Gasteiger partial charge >= 0.3 is 6.18 Å². The molecule has 0 radical (unpaired) electrons. The van der Waals surface area contributed by atoms with Gasteiger partial charge in [-0.25, -0.2) is 0 Å². The molecular weight excluding hydrogens is 253 g/mol. The summed E-state index contributed by atoms with van der Waals surface area (Å²) in [5.41, 5.74) is 0. The van der Waals surface area contributed by atoms with Crippen LogP contribution in [0.25, 0.3) is 0 Å². The third-order valence-electron chi connectivity index (χ3n) is 2.30. The van der Waals surface area contributed by atoms with E-state index in [2.05, 4.69) is 15.4 Å². The van der Waals surface area contributed by atoms with Crippen LogP contribution in [-0.4, -0.2) is 58.1 Å². The van der Waals surface area contributed by atoms with E-state index in [0.717, 1.165) is 6.54 Å². The number of alkyl halides is 3. The maximum atomic E-state index is 11.7. The lowest BCUT2D eigenvalue weighted by molar-refractivity contribution is -0.175. The molecule has 8 heteroatoms. The van der Waals surface area contributed by atoms with Crippen LogP contribution in [0.3, 0.4) is 0 Å². The first-order valence-electron chi connectivity index (χ1n) is 5.67. The molecule has 1 aliphatic heterocycles. The quantitative estimate of drug-likeness (QED) is 0.733. The van der Waals surface area contributed by atoms with E-state index >= 15 is 0 Å². The molecule has 1 saturated heterocycles. The highest BCUT2D eigenvalue weighted by molar-refractivity contribution is 5.77. The molecule has 1 rings (SSSR count). The van der Waals surface area contributed by atoms with E-state index in [-0.39, 0.29) is 5.92 Å². The number of ether oxygens (including phenoxy) is 2. The molecule has 1 amide bonds. The Bertz CT molecular complexity index is 253. The maximum Gasteiger partial charge on any atom is 0.411 e. The lowest BCUT2D eigenvalue weighted by Gasteiger charge is -2.14. The van der Waals surface area contributed by atoms with Gasteiger partial charge in [0.25, 0.3) is 0 Å². The van der Waals surface area contributed by atoms with Crippen LogP contribution < -0.4 is 10.6 Å². The van der Waals surface area contributed by atoms with Crippen molar-refractivity contribution in [1.29, 1.82) is 0 Å². The van der Waals surface area contributed by atoms with Gasteiger partial charge in [0, 0.05) is 25.6 Å². The summed E-state index contributed by atoms with van der Waals surface area (Å²) in [5, 5.41) is 5.64. The van der Waals surface area contributed by atoms with Crippen LogP contribution in [0.15, 0.2) is 0 Å². The van der Waals surface area contributed by atoms with Gasteiger partial charge in [-0.05, 0) is 0 Å². The molecule has 106 valence electrons. The number of carbonyl (C=O) groups excluding carboxylic acids is 1. The summed E-state index contributed by atoms with van der Waals surface area (Å²) < 4.78 is 44.8. The molecule has 2 N–H and O–H groups in total. The van der Waals surface area contributed by atoms with Crippen molar-refractivity contribution in [1.82, 2.24) is 10.6 Å². The Morgan fingerprint density at radius 3 is 3.00 bits per heavy atom. The van der Waals surface area contributed by atoms with E-state index in [4.69, 9.17) is 4.74 Å². The van der Waals surface area contributed by atoms with Gasteiger partial charge in [0.05, 0.1) is 13.2 Å². The van der Waals surface area contributed by atoms with Crippen molar-refractivity contribution < 1.29 is 27.4 Å². The van der Waals surface area contributed by atoms with Gasteiger partial charge in [-0.2, -0.15) is 13.2 Å². The lowest BCUT2D eigenvalue weighted by atomic mass is 10.1. The summed E-state index contributed by atoms with van der Waals surface area (Å²) in [5.74, 6) is -0.428. The fraction of sp³-hybridized carbons (Fsp3) is 0.900. The molecule has 1 atom stereocenters. The van der Waals surface area contributed by atoms with Gasteiger partial charge in [0.1, 0.15) is 13.2 Å². The second-order valence-electron chi connectivity index (χ2n) is 4.06. The van der Waals surface area contributed by atoms with E-state index in [1.165, 1.54) is 0 Å². The first-order valence-corrected chi connectivity index (χ1v) is 5.67. The molecule has 0 bridgehead atoms. The summed E-state index contributed by atoms with van der Waals surface area (Å²) >= 11 is 0. The average Bonchev–Trinajstić information content (AvgIpc) is 2.53. The third kappa shape index (κ3) is 7.46. The SMILES string of the molecule is O=C(COCC(F)(F)F)NCC1CNCCOC1. The summed E-state index contributed by atoms with van der Waals surface area (Å²) in [6, 6.07) is 0. The predicted octanol–water partition coefficient (Wildman–Crippen LogP) is -0.0825. The van der Waals surface area contributed by atoms with Crippen molar-refractivity contribution in [2.75, 3.05) is 46.1 Å². The van der Waals surface area contributed by atoms with Gasteiger partial charge in [0.15, 0.2) is 0 Å². The molecule has 0 aromatic rings. The number of hydrogen-bond donors (Lipinski definition) is 2. The lowest BCUT2D eigenvalue weighted by Crippen LogP contribution is -2.37. The van der Waals surface area contributed by atoms with Crippen molar-refractivity contribution in [3.05, 3.63) is 0 Å². The second kappa shape index (κ2) is 7.55. The smallest absolute Gasteiger partial charge is 0.380 e. The fourth-order valence-electron chi connectivity index (χ4n) is 1.46. The van der Waals surface area contributed by atoms with Crippen LogP contribution in [-0.2, 0) is 14.3 Å². The van der Waals surface area contributed by atoms with Gasteiger partial charge in [-0.3, -0.25) is 4.79 Å². The van der Waals surface area contributed by atoms with E-state index in [0.29, 0.717) is 26.3 Å². The highest BCUT2D eigenvalue weighted by atomic mass is 19.4. The average molecular weight is 270 g/mol. The largest absolute Gasteiger partial charge is 0.411 e. The minimum Gasteiger partial charge on any atom is -0.380 e. The summed E-state index contributed by atoms with van der Waals surface area (Å²) in [7, 11) is 0. The number of carbonyl (C=O) groups is 1. The zero-order valence-electron chi connectivity index (χ0n) is 9.89. The normalized spacial score (nSPS) is 21.4. The Balaban J connectivity index is 2.08. The summed E-state index contributed by atoms with van der Waals surface area (Å²) in [6.07, 6.45) is -4.40. The molecule has 5 nitrogen and oxygen atoms in total. The molecule has 18 heavy (non-hydrogen) atoms. The molecular formula is C10H17F3N2O3. The predicted molar refractivity (Wildman–Crippen MR) is 57.1 cm³/mol. The van der Waals surface area contributed by atoms with Crippen LogP contribution in [0.4, 0.5) is 13.2 Å². The first-order chi connectivity index (χ1) is 8.47. The Hall–Kier alpha value is -0.860. The topological polar surface area (TPSA) is 59.6 Å². The Morgan fingerprint density at radius 2 is 2.28 bits per heavy atom. The van der Waals surface area contributed by atoms with Crippen LogP contribution in [0.1, 0.15) is 0 Å². The molecule has 1 heterocycles. The van der Waals surface area contributed by atoms with E-state index in [9.17, 15) is 18.0 Å². The van der Waals surface area contributed by atoms with Gasteiger partial charge in [-0.15, -0.1) is 0 Å². The van der Waals surface area contributed by atoms with E-state index < -0.39 is 25.3 Å². The zero-order chi connectivity index (χ0) is 13.4. The number of nitrogens with one attached hydrogen (secondary N) is 2. The molecule has 1 aliphatic rings. The Morgan fingerprint density at radius 1 is 1.50 bits per heavy atom. The minimum absolute atomic E-state index is 0.124. The summed E-state index contributed by atoms with van der Waals surface area (Å²) in [6.45, 7) is 0.995. The van der Waals surface area contributed by atoms with E-state index in [1.54, 1.807) is 0 Å². The molecule has 0 aromatic carbocycles. The van der Waals surface area contributed by atoms with Crippen LogP contribution in [0.2, 0.25) is 0 Å². The third-order valence-corrected chi connectivity index (χ3v) is 2.30. The highest BCUT2D eigenvalue weighted by Gasteiger charge is 2.27. The molecule has 0 spiro atoms. The standard InChI is InChI=1S/C10H17F3N2O3/c11-10(12,13)7-18-6-9(16)15-4-8-3-14-1-2-17-5-8/h8,14H,1-7H2,(H,15,16).